The van der Waals surface area contributed by atoms with Gasteiger partial charge in [0.15, 0.2) is 11.4 Å². The second-order valence-corrected chi connectivity index (χ2v) is 23.6. The molecule has 3 saturated heterocycles. The molecule has 2 aliphatic carbocycles. The number of carbonyl (C=O) groups is 1. The summed E-state index contributed by atoms with van der Waals surface area (Å²) in [5, 5.41) is 27.2. The minimum absolute atomic E-state index is 0.0120. The van der Waals surface area contributed by atoms with Gasteiger partial charge in [0.05, 0.1) is 45.9 Å². The van der Waals surface area contributed by atoms with Crippen molar-refractivity contribution in [2.75, 3.05) is 61.1 Å². The Labute approximate surface area is 419 Å². The number of nitrogens with zero attached hydrogens (tertiary/aromatic N) is 5. The molecule has 2 aromatic heterocycles. The van der Waals surface area contributed by atoms with Crippen molar-refractivity contribution in [2.24, 2.45) is 17.3 Å². The fourth-order valence-electron chi connectivity index (χ4n) is 13.2. The van der Waals surface area contributed by atoms with Crippen molar-refractivity contribution in [3.05, 3.63) is 99.7 Å². The first-order chi connectivity index (χ1) is 34.7. The molecule has 7 heterocycles. The normalized spacial score (nSPS) is 27.2. The lowest BCUT2D eigenvalue weighted by Crippen LogP contribution is -2.55. The predicted molar refractivity (Wildman–Crippen MR) is 273 cm³/mol. The first kappa shape index (κ1) is 47.1. The SMILES string of the molecule is CCc1ccccc1[C@@H]1CCCN1C1CC2(CCN(c3ccc(C(=O)NS(=O)(=O)c4cc5c(c([N+](=O)[O-])c4)N[C@@H](C4CCC(C)(O)CC4)CO5)c(N4C[C@@H]5COC[C@@H]5Oc5nc6[nH]ccc6cc54)c3)CC2)C1. The minimum Gasteiger partial charge on any atom is -0.489 e. The number of amides is 1. The van der Waals surface area contributed by atoms with E-state index in [9.17, 15) is 28.4 Å². The minimum atomic E-state index is -4.70. The van der Waals surface area contributed by atoms with Gasteiger partial charge in [0.2, 0.25) is 5.88 Å². The number of aromatic amines is 1. The number of likely N-dealkylation sites (tertiary alicyclic amines) is 1. The smallest absolute Gasteiger partial charge is 0.297 e. The number of hydrogen-bond donors (Lipinski definition) is 4. The maximum absolute atomic E-state index is 14.8. The van der Waals surface area contributed by atoms with Gasteiger partial charge in [0.1, 0.15) is 24.0 Å². The molecule has 4 N–H and O–H groups in total. The van der Waals surface area contributed by atoms with Crippen LogP contribution in [-0.2, 0) is 21.2 Å². The number of ether oxygens (including phenoxy) is 3. The Balaban J connectivity index is 0.829. The van der Waals surface area contributed by atoms with E-state index in [4.69, 9.17) is 19.2 Å². The molecule has 0 bridgehead atoms. The second-order valence-electron chi connectivity index (χ2n) is 21.9. The molecule has 5 aliphatic heterocycles. The van der Waals surface area contributed by atoms with Crippen LogP contribution >= 0.6 is 0 Å². The van der Waals surface area contributed by atoms with E-state index in [0.717, 1.165) is 56.0 Å². The Morgan fingerprint density at radius 2 is 1.76 bits per heavy atom. The van der Waals surface area contributed by atoms with Crippen LogP contribution in [0.15, 0.2) is 77.8 Å². The highest BCUT2D eigenvalue weighted by molar-refractivity contribution is 7.90. The number of fused-ring (bicyclic) bond motifs is 4. The third-order valence-electron chi connectivity index (χ3n) is 17.4. The molecule has 3 aromatic carbocycles. The summed E-state index contributed by atoms with van der Waals surface area (Å²) in [6.45, 7) is 8.27. The van der Waals surface area contributed by atoms with E-state index in [1.165, 1.54) is 42.9 Å². The van der Waals surface area contributed by atoms with Crippen LogP contribution in [0.2, 0.25) is 0 Å². The van der Waals surface area contributed by atoms with Gasteiger partial charge < -0.3 is 39.4 Å². The molecular weight excluding hydrogens is 937 g/mol. The Morgan fingerprint density at radius 3 is 2.56 bits per heavy atom. The number of rotatable bonds is 10. The molecule has 12 rings (SSSR count). The highest BCUT2D eigenvalue weighted by Gasteiger charge is 2.50. The van der Waals surface area contributed by atoms with Gasteiger partial charge in [-0.15, -0.1) is 0 Å². The number of nitrogens with one attached hydrogen (secondary N) is 3. The third-order valence-corrected chi connectivity index (χ3v) is 18.7. The van der Waals surface area contributed by atoms with Gasteiger partial charge in [0, 0.05) is 67.0 Å². The first-order valence-electron chi connectivity index (χ1n) is 26.0. The average molecular weight is 1000 g/mol. The Kier molecular flexibility index (Phi) is 11.9. The second kappa shape index (κ2) is 18.2. The number of aliphatic hydroxyl groups is 1. The maximum Gasteiger partial charge on any atom is 0.297 e. The van der Waals surface area contributed by atoms with Crippen molar-refractivity contribution in [1.82, 2.24) is 19.6 Å². The van der Waals surface area contributed by atoms with Crippen LogP contribution in [0.4, 0.5) is 28.4 Å². The van der Waals surface area contributed by atoms with E-state index in [2.05, 4.69) is 56.0 Å². The van der Waals surface area contributed by atoms with Crippen molar-refractivity contribution in [3.63, 3.8) is 0 Å². The lowest BCUT2D eigenvalue weighted by atomic mass is 9.59. The molecule has 5 aromatic rings. The van der Waals surface area contributed by atoms with Gasteiger partial charge in [-0.2, -0.15) is 4.98 Å². The summed E-state index contributed by atoms with van der Waals surface area (Å²) in [6, 6.07) is 21.4. The number of carbonyl (C=O) groups excluding carboxylic acids is 1. The lowest BCUT2D eigenvalue weighted by Gasteiger charge is -2.56. The van der Waals surface area contributed by atoms with Crippen molar-refractivity contribution in [3.8, 4) is 11.6 Å². The fourth-order valence-corrected chi connectivity index (χ4v) is 14.2. The number of benzene rings is 3. The summed E-state index contributed by atoms with van der Waals surface area (Å²) in [6.07, 6.45) is 12.1. The van der Waals surface area contributed by atoms with Gasteiger partial charge in [0.25, 0.3) is 21.6 Å². The molecule has 1 amide bonds. The van der Waals surface area contributed by atoms with E-state index in [1.807, 2.05) is 42.3 Å². The van der Waals surface area contributed by atoms with Crippen LogP contribution in [-0.4, -0.2) is 109 Å². The largest absolute Gasteiger partial charge is 0.489 e. The van der Waals surface area contributed by atoms with Crippen LogP contribution < -0.4 is 29.3 Å². The topological polar surface area (TPSA) is 205 Å². The Hall–Kier alpha value is -5.95. The summed E-state index contributed by atoms with van der Waals surface area (Å²) in [4.78, 5) is 41.5. The number of nitro benzene ring substituents is 1. The maximum atomic E-state index is 14.8. The van der Waals surface area contributed by atoms with Crippen molar-refractivity contribution in [1.29, 1.82) is 0 Å². The monoisotopic (exact) mass is 1000 g/mol. The zero-order valence-electron chi connectivity index (χ0n) is 41.0. The number of aromatic nitrogens is 2. The van der Waals surface area contributed by atoms with Crippen LogP contribution in [0.3, 0.4) is 0 Å². The van der Waals surface area contributed by atoms with Crippen molar-refractivity contribution >= 4 is 55.4 Å². The van der Waals surface area contributed by atoms with Gasteiger partial charge in [-0.3, -0.25) is 19.8 Å². The highest BCUT2D eigenvalue weighted by atomic mass is 32.2. The number of aryl methyl sites for hydroxylation is 1. The molecule has 5 fully saturated rings. The number of piperidine rings is 1. The van der Waals surface area contributed by atoms with Crippen molar-refractivity contribution < 1.29 is 37.5 Å². The van der Waals surface area contributed by atoms with Gasteiger partial charge in [-0.05, 0) is 137 Å². The van der Waals surface area contributed by atoms with Crippen molar-refractivity contribution in [2.45, 2.75) is 119 Å². The molecule has 7 aliphatic rings. The molecule has 72 heavy (non-hydrogen) atoms. The van der Waals surface area contributed by atoms with Crippen LogP contribution in [0.25, 0.3) is 11.0 Å². The Morgan fingerprint density at radius 1 is 0.958 bits per heavy atom. The van der Waals surface area contributed by atoms with E-state index in [-0.39, 0.29) is 53.0 Å². The molecular formula is C54H64N8O9S. The predicted octanol–water partition coefficient (Wildman–Crippen LogP) is 8.40. The average Bonchev–Trinajstić information content (AvgIpc) is 4.14. The number of sulfonamides is 1. The summed E-state index contributed by atoms with van der Waals surface area (Å²) >= 11 is 0. The summed E-state index contributed by atoms with van der Waals surface area (Å²) in [7, 11) is -4.70. The number of nitro groups is 1. The first-order valence-corrected chi connectivity index (χ1v) is 27.5. The molecule has 2 saturated carbocycles. The van der Waals surface area contributed by atoms with Gasteiger partial charge >= 0.3 is 0 Å². The molecule has 0 unspecified atom stereocenters. The van der Waals surface area contributed by atoms with Crippen LogP contribution in [0, 0.1) is 27.4 Å². The molecule has 1 spiro atoms. The summed E-state index contributed by atoms with van der Waals surface area (Å²) < 4.78 is 49.6. The molecule has 18 heteroatoms. The van der Waals surface area contributed by atoms with Crippen LogP contribution in [0.5, 0.6) is 11.6 Å². The zero-order chi connectivity index (χ0) is 49.5. The molecule has 4 atom stereocenters. The summed E-state index contributed by atoms with van der Waals surface area (Å²) in [5.74, 6) is -0.503. The zero-order valence-corrected chi connectivity index (χ0v) is 41.8. The molecule has 380 valence electrons. The molecule has 0 radical (unpaired) electrons. The van der Waals surface area contributed by atoms with Crippen LogP contribution in [0.1, 0.15) is 106 Å². The number of pyridine rings is 1. The van der Waals surface area contributed by atoms with E-state index >= 15 is 0 Å². The fraction of sp³-hybridized carbons (Fsp3) is 0.519. The quantitative estimate of drug-likeness (QED) is 0.0767. The number of hydrogen-bond acceptors (Lipinski definition) is 14. The molecule has 17 nitrogen and oxygen atoms in total. The van der Waals surface area contributed by atoms with E-state index in [0.29, 0.717) is 80.4 Å². The Bertz CT molecular complexity index is 3030. The number of anilines is 4. The van der Waals surface area contributed by atoms with Gasteiger partial charge in [-0.1, -0.05) is 31.2 Å². The van der Waals surface area contributed by atoms with Gasteiger partial charge in [-0.25, -0.2) is 13.1 Å². The van der Waals surface area contributed by atoms with E-state index < -0.39 is 37.0 Å². The number of H-pyrrole nitrogens is 1. The third kappa shape index (κ3) is 8.60. The van der Waals surface area contributed by atoms with E-state index in [1.54, 1.807) is 6.07 Å². The lowest BCUT2D eigenvalue weighted by molar-refractivity contribution is -0.384. The summed E-state index contributed by atoms with van der Waals surface area (Å²) in [5.41, 5.74) is 4.87. The highest BCUT2D eigenvalue weighted by Crippen LogP contribution is 2.55. The standard InChI is InChI=1S/C54H64N8O9S/c1-3-33-7-4-5-8-40(33)43-9-6-20-60(43)38-27-54(28-38)17-21-59(22-18-54)37-10-11-41(44(24-37)61-29-36-30-69-32-48(36)71-52-46(61)23-35-14-19-55-50(35)57-52)51(63)58-72(67,68)39-25-45(62(65)66)49-47(26-39)70-31-42(56-49)34-12-15-53(2,64)16-13-34/h4-5,7-8,10-11,14,19,23-26,34,36,38,42-43,48,56,64H,3,6,9,12-13,15-18,20-22,27-32H2,1-2H3,(H,55,57)(H,58,63)/t34?,36-,42-,43+,48+,53?/m1/s1.